The van der Waals surface area contributed by atoms with Gasteiger partial charge in [-0.2, -0.15) is 13.2 Å². The molecule has 7 nitrogen and oxygen atoms in total. The second-order valence-corrected chi connectivity index (χ2v) is 17.6. The first-order valence-electron chi connectivity index (χ1n) is 14.8. The second-order valence-electron chi connectivity index (χ2n) is 13.5. The SMILES string of the molecule is CC1=NC(CCc2ccc(OCCCc3ccc4c(c3)OC(F)(F)O4)c(C(F)(F)F)c2)(COP(=O)(C(C)(C)C)C(C)(C)C)CO1. The smallest absolute Gasteiger partial charge is 0.493 e. The summed E-state index contributed by atoms with van der Waals surface area (Å²) in [4.78, 5) is 4.64. The number of halogens is 5. The number of rotatable bonds is 11. The Bertz CT molecular complexity index is 1450. The van der Waals surface area contributed by atoms with E-state index in [0.29, 0.717) is 36.3 Å². The highest BCUT2D eigenvalue weighted by Crippen LogP contribution is 2.68. The third-order valence-electron chi connectivity index (χ3n) is 7.79. The van der Waals surface area contributed by atoms with E-state index in [1.54, 1.807) is 19.1 Å². The van der Waals surface area contributed by atoms with Crippen LogP contribution >= 0.6 is 7.37 Å². The Morgan fingerprint density at radius 2 is 1.53 bits per heavy atom. The molecule has 0 aliphatic carbocycles. The number of hydrogen-bond donors (Lipinski definition) is 0. The molecule has 4 rings (SSSR count). The summed E-state index contributed by atoms with van der Waals surface area (Å²) in [5, 5.41) is -1.27. The van der Waals surface area contributed by atoms with E-state index in [4.69, 9.17) is 14.0 Å². The number of ether oxygens (including phenoxy) is 4. The van der Waals surface area contributed by atoms with Gasteiger partial charge < -0.3 is 23.5 Å². The minimum Gasteiger partial charge on any atom is -0.493 e. The minimum atomic E-state index is -4.66. The van der Waals surface area contributed by atoms with Crippen molar-refractivity contribution >= 4 is 13.3 Å². The Labute approximate surface area is 260 Å². The molecule has 0 saturated carbocycles. The molecule has 2 heterocycles. The van der Waals surface area contributed by atoms with Crippen LogP contribution in [0.15, 0.2) is 41.4 Å². The molecule has 13 heteroatoms. The van der Waals surface area contributed by atoms with Gasteiger partial charge in [-0.15, -0.1) is 8.78 Å². The molecule has 0 saturated heterocycles. The number of benzene rings is 2. The molecule has 1 unspecified atom stereocenters. The summed E-state index contributed by atoms with van der Waals surface area (Å²) in [6, 6.07) is 8.32. The van der Waals surface area contributed by atoms with E-state index < -0.39 is 41.3 Å². The molecule has 0 spiro atoms. The molecule has 0 amide bonds. The van der Waals surface area contributed by atoms with Gasteiger partial charge in [0.05, 0.1) is 18.8 Å². The Hall–Kier alpha value is -2.85. The number of fused-ring (bicyclic) bond motifs is 1. The predicted octanol–water partition coefficient (Wildman–Crippen LogP) is 9.05. The van der Waals surface area contributed by atoms with Crippen molar-refractivity contribution < 1.29 is 50.0 Å². The number of aryl methyl sites for hydroxylation is 2. The molecule has 1 atom stereocenters. The molecule has 0 radical (unpaired) electrons. The van der Waals surface area contributed by atoms with Crippen molar-refractivity contribution in [3.05, 3.63) is 53.1 Å². The van der Waals surface area contributed by atoms with Crippen LogP contribution in [0.25, 0.3) is 0 Å². The van der Waals surface area contributed by atoms with Crippen LogP contribution in [0.2, 0.25) is 0 Å². The zero-order valence-corrected chi connectivity index (χ0v) is 27.5. The van der Waals surface area contributed by atoms with Crippen LogP contribution in [0.4, 0.5) is 22.0 Å². The van der Waals surface area contributed by atoms with Gasteiger partial charge in [0.1, 0.15) is 17.9 Å². The fraction of sp³-hybridized carbons (Fsp3) is 0.594. The molecule has 2 aliphatic rings. The molecule has 250 valence electrons. The Kier molecular flexibility index (Phi) is 9.65. The summed E-state index contributed by atoms with van der Waals surface area (Å²) >= 11 is 0. The molecular weight excluding hydrogens is 620 g/mol. The summed E-state index contributed by atoms with van der Waals surface area (Å²) < 4.78 is 109. The normalized spacial score (nSPS) is 19.8. The highest BCUT2D eigenvalue weighted by molar-refractivity contribution is 7.62. The zero-order chi connectivity index (χ0) is 33.5. The number of aliphatic imine (C=N–C) groups is 1. The summed E-state index contributed by atoms with van der Waals surface area (Å²) in [5.41, 5.74) is -0.712. The standard InChI is InChI=1S/C32H41F5NO6P/c1-21-38-30(19-41-21,20-42-45(39,28(2,3)4)29(5,6)7)15-14-23-10-12-25(24(17-23)31(33,34)35)40-16-8-9-22-11-13-26-27(18-22)44-32(36,37)43-26/h10-13,17-18H,8-9,14-16,19-20H2,1-7H3. The van der Waals surface area contributed by atoms with Gasteiger partial charge >= 0.3 is 12.5 Å². The fourth-order valence-corrected chi connectivity index (χ4v) is 8.79. The summed E-state index contributed by atoms with van der Waals surface area (Å²) in [6.07, 6.45) is -7.12. The van der Waals surface area contributed by atoms with Gasteiger partial charge in [0.25, 0.3) is 0 Å². The summed E-state index contributed by atoms with van der Waals surface area (Å²) in [5.74, 6) is -0.0305. The van der Waals surface area contributed by atoms with E-state index in [0.717, 1.165) is 6.07 Å². The highest BCUT2D eigenvalue weighted by atomic mass is 31.2. The lowest BCUT2D eigenvalue weighted by Crippen LogP contribution is -2.38. The predicted molar refractivity (Wildman–Crippen MR) is 161 cm³/mol. The lowest BCUT2D eigenvalue weighted by Gasteiger charge is -2.41. The van der Waals surface area contributed by atoms with E-state index in [1.165, 1.54) is 18.2 Å². The lowest BCUT2D eigenvalue weighted by atomic mass is 9.93. The van der Waals surface area contributed by atoms with Gasteiger partial charge in [0.15, 0.2) is 17.4 Å². The van der Waals surface area contributed by atoms with E-state index in [1.807, 2.05) is 41.5 Å². The van der Waals surface area contributed by atoms with Gasteiger partial charge in [-0.25, -0.2) is 4.99 Å². The Morgan fingerprint density at radius 3 is 2.13 bits per heavy atom. The molecule has 0 aromatic heterocycles. The molecule has 0 N–H and O–H groups in total. The topological polar surface area (TPSA) is 75.6 Å². The van der Waals surface area contributed by atoms with Crippen LogP contribution in [0.1, 0.15) is 78.0 Å². The van der Waals surface area contributed by atoms with Crippen molar-refractivity contribution in [1.82, 2.24) is 0 Å². The lowest BCUT2D eigenvalue weighted by molar-refractivity contribution is -0.286. The maximum atomic E-state index is 14.1. The van der Waals surface area contributed by atoms with Gasteiger partial charge in [-0.05, 0) is 61.1 Å². The van der Waals surface area contributed by atoms with Gasteiger partial charge in [0, 0.05) is 17.2 Å². The van der Waals surface area contributed by atoms with E-state index in [-0.39, 0.29) is 43.5 Å². The number of alkyl halides is 5. The fourth-order valence-electron chi connectivity index (χ4n) is 5.58. The van der Waals surface area contributed by atoms with Crippen molar-refractivity contribution in [1.29, 1.82) is 0 Å². The van der Waals surface area contributed by atoms with Crippen LogP contribution < -0.4 is 14.2 Å². The van der Waals surface area contributed by atoms with Crippen LogP contribution in [-0.2, 0) is 32.8 Å². The van der Waals surface area contributed by atoms with Gasteiger partial charge in [0.2, 0.25) is 7.37 Å². The largest absolute Gasteiger partial charge is 0.586 e. The maximum Gasteiger partial charge on any atom is 0.586 e. The number of hydrogen-bond acceptors (Lipinski definition) is 7. The van der Waals surface area contributed by atoms with Crippen LogP contribution in [0.3, 0.4) is 0 Å². The van der Waals surface area contributed by atoms with Crippen LogP contribution in [-0.4, -0.2) is 47.9 Å². The third-order valence-corrected chi connectivity index (χ3v) is 11.8. The van der Waals surface area contributed by atoms with Crippen molar-refractivity contribution in [2.24, 2.45) is 4.99 Å². The highest BCUT2D eigenvalue weighted by Gasteiger charge is 2.50. The summed E-state index contributed by atoms with van der Waals surface area (Å²) in [7, 11) is -3.21. The van der Waals surface area contributed by atoms with Crippen molar-refractivity contribution in [2.75, 3.05) is 19.8 Å². The molecule has 0 bridgehead atoms. The molecule has 2 aromatic carbocycles. The first-order valence-corrected chi connectivity index (χ1v) is 16.4. The van der Waals surface area contributed by atoms with Crippen molar-refractivity contribution in [3.63, 3.8) is 0 Å². The molecule has 0 fully saturated rings. The zero-order valence-electron chi connectivity index (χ0n) is 26.6. The third kappa shape index (κ3) is 8.12. The van der Waals surface area contributed by atoms with Gasteiger partial charge in [-0.1, -0.05) is 53.7 Å². The molecule has 2 aliphatic heterocycles. The van der Waals surface area contributed by atoms with Crippen molar-refractivity contribution in [2.45, 2.75) is 102 Å². The minimum absolute atomic E-state index is 0.00920. The first kappa shape index (κ1) is 35.0. The summed E-state index contributed by atoms with van der Waals surface area (Å²) in [6.45, 7) is 13.1. The van der Waals surface area contributed by atoms with E-state index in [9.17, 15) is 26.5 Å². The van der Waals surface area contributed by atoms with Crippen LogP contribution in [0.5, 0.6) is 17.2 Å². The van der Waals surface area contributed by atoms with Crippen LogP contribution in [0, 0.1) is 0 Å². The average molecular weight is 662 g/mol. The second kappa shape index (κ2) is 12.4. The Balaban J connectivity index is 1.41. The van der Waals surface area contributed by atoms with Crippen molar-refractivity contribution in [3.8, 4) is 17.2 Å². The van der Waals surface area contributed by atoms with E-state index in [2.05, 4.69) is 14.5 Å². The van der Waals surface area contributed by atoms with Gasteiger partial charge in [-0.3, -0.25) is 4.57 Å². The van der Waals surface area contributed by atoms with E-state index >= 15 is 0 Å². The molecule has 45 heavy (non-hydrogen) atoms. The Morgan fingerprint density at radius 1 is 0.911 bits per heavy atom. The molecule has 2 aromatic rings. The quantitative estimate of drug-likeness (QED) is 0.136. The monoisotopic (exact) mass is 661 g/mol. The average Bonchev–Trinajstić information content (AvgIpc) is 3.44. The first-order chi connectivity index (χ1) is 20.6. The number of nitrogens with zero attached hydrogens (tertiary/aromatic N) is 1. The molecular formula is C32H41F5NO6P. The maximum absolute atomic E-state index is 14.1.